The van der Waals surface area contributed by atoms with Gasteiger partial charge >= 0.3 is 0 Å². The van der Waals surface area contributed by atoms with Crippen molar-refractivity contribution < 1.29 is 9.53 Å². The number of ether oxygens (including phenoxy) is 1. The third-order valence-corrected chi connectivity index (χ3v) is 5.21. The van der Waals surface area contributed by atoms with E-state index >= 15 is 0 Å². The van der Waals surface area contributed by atoms with Crippen molar-refractivity contribution in [2.75, 3.05) is 12.4 Å². The number of anilines is 1. The predicted molar refractivity (Wildman–Crippen MR) is 122 cm³/mol. The molecule has 6 nitrogen and oxygen atoms in total. The van der Waals surface area contributed by atoms with Crippen LogP contribution in [0.15, 0.2) is 71.5 Å². The van der Waals surface area contributed by atoms with Crippen molar-refractivity contribution in [2.24, 2.45) is 0 Å². The van der Waals surface area contributed by atoms with Gasteiger partial charge in [0.2, 0.25) is 5.91 Å². The van der Waals surface area contributed by atoms with Gasteiger partial charge in [0, 0.05) is 5.69 Å². The number of para-hydroxylation sites is 1. The molecule has 0 atom stereocenters. The van der Waals surface area contributed by atoms with Gasteiger partial charge in [-0.05, 0) is 67.4 Å². The zero-order chi connectivity index (χ0) is 22.0. The number of nitrogens with zero attached hydrogens (tertiary/aromatic N) is 2. The Hall–Kier alpha value is -3.93. The number of hydrogen-bond acceptors (Lipinski definition) is 4. The van der Waals surface area contributed by atoms with E-state index in [9.17, 15) is 9.59 Å². The van der Waals surface area contributed by atoms with E-state index in [4.69, 9.17) is 4.74 Å². The van der Waals surface area contributed by atoms with Crippen molar-refractivity contribution in [2.45, 2.75) is 20.3 Å². The van der Waals surface area contributed by atoms with E-state index in [0.29, 0.717) is 28.1 Å². The molecule has 3 aromatic carbocycles. The summed E-state index contributed by atoms with van der Waals surface area (Å²) < 4.78 is 6.74. The number of carbonyl (C=O) groups is 1. The Labute approximate surface area is 180 Å². The van der Waals surface area contributed by atoms with Crippen LogP contribution in [0.3, 0.4) is 0 Å². The fourth-order valence-corrected chi connectivity index (χ4v) is 3.60. The Morgan fingerprint density at radius 2 is 1.77 bits per heavy atom. The third kappa shape index (κ3) is 4.19. The Balaban J connectivity index is 1.58. The first-order valence-corrected chi connectivity index (χ1v) is 9.98. The third-order valence-electron chi connectivity index (χ3n) is 5.21. The highest BCUT2D eigenvalue weighted by molar-refractivity contribution is 5.93. The summed E-state index contributed by atoms with van der Waals surface area (Å²) in [5.74, 6) is 1.26. The van der Waals surface area contributed by atoms with Gasteiger partial charge in [-0.25, -0.2) is 4.98 Å². The van der Waals surface area contributed by atoms with Crippen molar-refractivity contribution in [3.8, 4) is 11.4 Å². The van der Waals surface area contributed by atoms with Crippen LogP contribution in [-0.4, -0.2) is 22.6 Å². The lowest BCUT2D eigenvalue weighted by molar-refractivity contribution is -0.115. The van der Waals surface area contributed by atoms with Crippen LogP contribution in [-0.2, 0) is 11.2 Å². The molecule has 0 aliphatic heterocycles. The smallest absolute Gasteiger partial charge is 0.265 e. The topological polar surface area (TPSA) is 73.2 Å². The van der Waals surface area contributed by atoms with Crippen molar-refractivity contribution >= 4 is 22.5 Å². The molecule has 0 saturated carbocycles. The van der Waals surface area contributed by atoms with Crippen molar-refractivity contribution in [3.05, 3.63) is 94.0 Å². The second-order valence-corrected chi connectivity index (χ2v) is 7.39. The van der Waals surface area contributed by atoms with E-state index in [-0.39, 0.29) is 17.9 Å². The van der Waals surface area contributed by atoms with Gasteiger partial charge in [-0.3, -0.25) is 14.2 Å². The molecule has 0 bridgehead atoms. The molecule has 1 amide bonds. The molecule has 0 unspecified atom stereocenters. The van der Waals surface area contributed by atoms with Gasteiger partial charge in [-0.2, -0.15) is 0 Å². The van der Waals surface area contributed by atoms with Crippen LogP contribution >= 0.6 is 0 Å². The minimum atomic E-state index is -0.112. The molecular formula is C25H23N3O3. The zero-order valence-electron chi connectivity index (χ0n) is 17.7. The van der Waals surface area contributed by atoms with Crippen LogP contribution < -0.4 is 15.6 Å². The highest BCUT2D eigenvalue weighted by Gasteiger charge is 2.12. The van der Waals surface area contributed by atoms with Gasteiger partial charge in [0.05, 0.1) is 30.1 Å². The van der Waals surface area contributed by atoms with Crippen molar-refractivity contribution in [3.63, 3.8) is 0 Å². The summed E-state index contributed by atoms with van der Waals surface area (Å²) in [5, 5.41) is 3.52. The quantitative estimate of drug-likeness (QED) is 0.532. The Bertz CT molecular complexity index is 1320. The maximum absolute atomic E-state index is 13.0. The molecule has 0 saturated heterocycles. The molecule has 31 heavy (non-hydrogen) atoms. The summed E-state index contributed by atoms with van der Waals surface area (Å²) in [7, 11) is 1.61. The molecule has 0 spiro atoms. The summed E-state index contributed by atoms with van der Waals surface area (Å²) in [6.45, 7) is 3.72. The molecule has 6 heteroatoms. The molecule has 0 aliphatic carbocycles. The molecule has 1 heterocycles. The highest BCUT2D eigenvalue weighted by atomic mass is 16.5. The number of methoxy groups -OCH3 is 1. The molecule has 1 aromatic heterocycles. The van der Waals surface area contributed by atoms with E-state index in [1.54, 1.807) is 17.7 Å². The first-order chi connectivity index (χ1) is 15.0. The fraction of sp³-hybridized carbons (Fsp3) is 0.160. The number of amides is 1. The normalized spacial score (nSPS) is 10.8. The lowest BCUT2D eigenvalue weighted by atomic mass is 10.1. The molecule has 0 fully saturated rings. The summed E-state index contributed by atoms with van der Waals surface area (Å²) in [6.07, 6.45) is 0.262. The minimum Gasteiger partial charge on any atom is -0.497 e. The molecule has 156 valence electrons. The van der Waals surface area contributed by atoms with Gasteiger partial charge in [0.15, 0.2) is 0 Å². The number of rotatable bonds is 5. The summed E-state index contributed by atoms with van der Waals surface area (Å²) in [4.78, 5) is 30.1. The number of hydrogen-bond donors (Lipinski definition) is 1. The Kier molecular flexibility index (Phi) is 5.54. The number of nitrogens with one attached hydrogen (secondary N) is 1. The van der Waals surface area contributed by atoms with E-state index in [1.165, 1.54) is 0 Å². The summed E-state index contributed by atoms with van der Waals surface area (Å²) >= 11 is 0. The number of aromatic nitrogens is 2. The fourth-order valence-electron chi connectivity index (χ4n) is 3.60. The average molecular weight is 413 g/mol. The van der Waals surface area contributed by atoms with Gasteiger partial charge in [-0.15, -0.1) is 0 Å². The van der Waals surface area contributed by atoms with E-state index in [2.05, 4.69) is 10.3 Å². The second-order valence-electron chi connectivity index (χ2n) is 7.39. The van der Waals surface area contributed by atoms with Gasteiger partial charge in [-0.1, -0.05) is 24.3 Å². The molecule has 0 radical (unpaired) electrons. The zero-order valence-corrected chi connectivity index (χ0v) is 17.7. The van der Waals surface area contributed by atoms with E-state index in [1.807, 2.05) is 74.5 Å². The standard InChI is InChI=1S/C25H23N3O3/c1-16-14-19(28-17(2)26-23-7-5-4-6-21(23)25(28)30)10-13-22(16)27-24(29)15-18-8-11-20(31-3)12-9-18/h4-14H,15H2,1-3H3,(H,27,29). The lowest BCUT2D eigenvalue weighted by Crippen LogP contribution is -2.22. The number of benzene rings is 3. The molecular weight excluding hydrogens is 390 g/mol. The van der Waals surface area contributed by atoms with Crippen LogP contribution in [0.2, 0.25) is 0 Å². The second kappa shape index (κ2) is 8.44. The molecule has 4 rings (SSSR count). The molecule has 0 aliphatic rings. The highest BCUT2D eigenvalue weighted by Crippen LogP contribution is 2.21. The summed E-state index contributed by atoms with van der Waals surface area (Å²) in [5.41, 5.74) is 3.75. The Morgan fingerprint density at radius 3 is 2.48 bits per heavy atom. The molecule has 1 N–H and O–H groups in total. The maximum atomic E-state index is 13.0. The van der Waals surface area contributed by atoms with E-state index in [0.717, 1.165) is 16.9 Å². The predicted octanol–water partition coefficient (Wildman–Crippen LogP) is 4.19. The van der Waals surface area contributed by atoms with Crippen molar-refractivity contribution in [1.29, 1.82) is 0 Å². The van der Waals surface area contributed by atoms with Gasteiger partial charge in [0.1, 0.15) is 11.6 Å². The first-order valence-electron chi connectivity index (χ1n) is 9.98. The van der Waals surface area contributed by atoms with Crippen LogP contribution in [0.25, 0.3) is 16.6 Å². The average Bonchev–Trinajstić information content (AvgIpc) is 2.76. The number of aryl methyl sites for hydroxylation is 2. The van der Waals surface area contributed by atoms with E-state index < -0.39 is 0 Å². The summed E-state index contributed by atoms with van der Waals surface area (Å²) in [6, 6.07) is 20.2. The largest absolute Gasteiger partial charge is 0.497 e. The van der Waals surface area contributed by atoms with Crippen molar-refractivity contribution in [1.82, 2.24) is 9.55 Å². The first kappa shape index (κ1) is 20.3. The number of fused-ring (bicyclic) bond motifs is 1. The van der Waals surface area contributed by atoms with Crippen LogP contribution in [0.5, 0.6) is 5.75 Å². The lowest BCUT2D eigenvalue weighted by Gasteiger charge is -2.14. The minimum absolute atomic E-state index is 0.110. The van der Waals surface area contributed by atoms with Crippen LogP contribution in [0.1, 0.15) is 17.0 Å². The van der Waals surface area contributed by atoms with Crippen LogP contribution in [0.4, 0.5) is 5.69 Å². The monoisotopic (exact) mass is 413 g/mol. The SMILES string of the molecule is COc1ccc(CC(=O)Nc2ccc(-n3c(C)nc4ccccc4c3=O)cc2C)cc1. The molecule has 4 aromatic rings. The number of carbonyl (C=O) groups excluding carboxylic acids is 1. The maximum Gasteiger partial charge on any atom is 0.265 e. The Morgan fingerprint density at radius 1 is 1.03 bits per heavy atom. The van der Waals surface area contributed by atoms with Gasteiger partial charge < -0.3 is 10.1 Å². The van der Waals surface area contributed by atoms with Crippen LogP contribution in [0, 0.1) is 13.8 Å². The van der Waals surface area contributed by atoms with Gasteiger partial charge in [0.25, 0.3) is 5.56 Å².